The Bertz CT molecular complexity index is 2530. The van der Waals surface area contributed by atoms with Gasteiger partial charge in [0.25, 0.3) is 11.8 Å². The van der Waals surface area contributed by atoms with Gasteiger partial charge in [-0.25, -0.2) is 9.97 Å². The molecule has 0 aliphatic carbocycles. The molecule has 3 atom stereocenters. The molecule has 6 amide bonds. The number of nitrogens with zero attached hydrogens (tertiary/aromatic N) is 6. The highest BCUT2D eigenvalue weighted by Crippen LogP contribution is 2.41. The number of ether oxygens (including phenoxy) is 2. The van der Waals surface area contributed by atoms with Crippen LogP contribution in [0.5, 0.6) is 11.5 Å². The van der Waals surface area contributed by atoms with E-state index in [1.165, 1.54) is 72.4 Å². The molecule has 0 saturated carbocycles. The third-order valence-corrected chi connectivity index (χ3v) is 15.7. The average Bonchev–Trinajstić information content (AvgIpc) is 4.00. The van der Waals surface area contributed by atoms with Gasteiger partial charge >= 0.3 is 0 Å². The van der Waals surface area contributed by atoms with Gasteiger partial charge in [0, 0.05) is 61.9 Å². The molecule has 2 bridgehead atoms. The number of benzene rings is 2. The first kappa shape index (κ1) is 47.3. The molecule has 4 aromatic rings. The number of amides is 6. The molecule has 2 aromatic heterocycles. The lowest BCUT2D eigenvalue weighted by Crippen LogP contribution is -2.56. The smallest absolute Gasteiger partial charge is 0.258 e. The van der Waals surface area contributed by atoms with E-state index < -0.39 is 0 Å². The van der Waals surface area contributed by atoms with Crippen molar-refractivity contribution >= 4 is 91.9 Å². The molecular weight excluding hydrogens is 909 g/mol. The van der Waals surface area contributed by atoms with Crippen LogP contribution in [0.2, 0.25) is 0 Å². The maximum Gasteiger partial charge on any atom is 0.258 e. The Hall–Kier alpha value is -5.70. The van der Waals surface area contributed by atoms with Crippen molar-refractivity contribution in [3.63, 3.8) is 0 Å². The van der Waals surface area contributed by atoms with Gasteiger partial charge < -0.3 is 39.7 Å². The summed E-state index contributed by atoms with van der Waals surface area (Å²) >= 11 is 5.40. The van der Waals surface area contributed by atoms with Crippen molar-refractivity contribution < 1.29 is 38.2 Å². The summed E-state index contributed by atoms with van der Waals surface area (Å²) in [4.78, 5) is 95.6. The van der Waals surface area contributed by atoms with Crippen molar-refractivity contribution in [1.82, 2.24) is 29.6 Å². The number of carbonyl (C=O) groups is 6. The summed E-state index contributed by atoms with van der Waals surface area (Å²) in [6, 6.07) is 6.88. The normalized spacial score (nSPS) is 18.0. The first-order valence-corrected chi connectivity index (χ1v) is 24.2. The second-order valence-corrected chi connectivity index (χ2v) is 20.5. The van der Waals surface area contributed by atoms with E-state index >= 15 is 0 Å². The summed E-state index contributed by atoms with van der Waals surface area (Å²) in [5.41, 5.74) is 2.44. The Kier molecular flexibility index (Phi) is 15.0. The highest BCUT2D eigenvalue weighted by molar-refractivity contribution is 8.01. The second-order valence-electron chi connectivity index (χ2n) is 15.8. The van der Waals surface area contributed by atoms with Crippen LogP contribution in [0.1, 0.15) is 65.0 Å². The Balaban J connectivity index is 1.04. The lowest BCUT2D eigenvalue weighted by molar-refractivity contribution is -0.131. The summed E-state index contributed by atoms with van der Waals surface area (Å²) in [5, 5.41) is 6.47. The average molecular weight is 959 g/mol. The number of aromatic nitrogens is 2. The van der Waals surface area contributed by atoms with Gasteiger partial charge in [-0.05, 0) is 80.7 Å². The largest absolute Gasteiger partial charge is 0.496 e. The number of hydrogen-bond acceptors (Lipinski definition) is 14. The molecule has 3 aliphatic heterocycles. The fourth-order valence-corrected chi connectivity index (χ4v) is 12.3. The van der Waals surface area contributed by atoms with E-state index in [-0.39, 0.29) is 60.0 Å². The first-order valence-electron chi connectivity index (χ1n) is 20.9. The quantitative estimate of drug-likeness (QED) is 0.122. The van der Waals surface area contributed by atoms with Gasteiger partial charge in [0.2, 0.25) is 23.6 Å². The maximum absolute atomic E-state index is 14.1. The molecular formula is C45H50N8O8S4. The zero-order chi connectivity index (χ0) is 46.5. The summed E-state index contributed by atoms with van der Waals surface area (Å²) in [6.45, 7) is 14.4. The van der Waals surface area contributed by atoms with Crippen LogP contribution in [-0.4, -0.2) is 130 Å². The minimum atomic E-state index is -0.269. The molecule has 16 nitrogen and oxygen atoms in total. The van der Waals surface area contributed by atoms with E-state index in [4.69, 9.17) is 9.47 Å². The number of aryl methyl sites for hydroxylation is 2. The van der Waals surface area contributed by atoms with Crippen LogP contribution in [-0.2, 0) is 25.6 Å². The van der Waals surface area contributed by atoms with Crippen molar-refractivity contribution in [2.24, 2.45) is 0 Å². The zero-order valence-corrected chi connectivity index (χ0v) is 40.0. The number of thiazole rings is 2. The monoisotopic (exact) mass is 958 g/mol. The first-order chi connectivity index (χ1) is 31.2. The van der Waals surface area contributed by atoms with Crippen LogP contribution in [0.3, 0.4) is 0 Å². The Morgan fingerprint density at radius 2 is 1.37 bits per heavy atom. The number of anilines is 2. The fraction of sp³-hybridized carbons (Fsp3) is 0.378. The van der Waals surface area contributed by atoms with E-state index in [0.717, 1.165) is 37.3 Å². The number of rotatable bonds is 15. The molecule has 7 rings (SSSR count). The van der Waals surface area contributed by atoms with Crippen LogP contribution in [0, 0.1) is 6.92 Å². The molecule has 0 unspecified atom stereocenters. The number of hydrogen-bond donors (Lipinski definition) is 2. The zero-order valence-electron chi connectivity index (χ0n) is 36.7. The van der Waals surface area contributed by atoms with Gasteiger partial charge in [0.1, 0.15) is 11.5 Å². The van der Waals surface area contributed by atoms with Gasteiger partial charge in [0.05, 0.1) is 58.2 Å². The highest BCUT2D eigenvalue weighted by Gasteiger charge is 2.43. The van der Waals surface area contributed by atoms with Crippen LogP contribution in [0.25, 0.3) is 0 Å². The fourth-order valence-electron chi connectivity index (χ4n) is 8.31. The predicted molar refractivity (Wildman–Crippen MR) is 251 cm³/mol. The third kappa shape index (κ3) is 10.7. The van der Waals surface area contributed by atoms with E-state index in [1.54, 1.807) is 41.4 Å². The predicted octanol–water partition coefficient (Wildman–Crippen LogP) is 6.62. The number of carbonyl (C=O) groups excluding carboxylic acids is 6. The molecule has 0 radical (unpaired) electrons. The lowest BCUT2D eigenvalue weighted by Gasteiger charge is -2.40. The molecule has 65 heavy (non-hydrogen) atoms. The number of likely N-dealkylation sites (tertiary alicyclic amines) is 1. The van der Waals surface area contributed by atoms with Crippen molar-refractivity contribution in [2.45, 2.75) is 82.8 Å². The molecule has 20 heteroatoms. The molecule has 2 N–H and O–H groups in total. The summed E-state index contributed by atoms with van der Waals surface area (Å²) in [7, 11) is 3.03. The van der Waals surface area contributed by atoms with E-state index in [0.29, 0.717) is 76.9 Å². The number of fused-ring (bicyclic) bond motifs is 2. The van der Waals surface area contributed by atoms with Crippen molar-refractivity contribution in [2.75, 3.05) is 57.6 Å². The third-order valence-electron chi connectivity index (χ3n) is 11.5. The van der Waals surface area contributed by atoms with Crippen LogP contribution >= 0.6 is 46.2 Å². The van der Waals surface area contributed by atoms with Gasteiger partial charge in [0.15, 0.2) is 10.3 Å². The van der Waals surface area contributed by atoms with Crippen LogP contribution < -0.4 is 20.1 Å². The lowest BCUT2D eigenvalue weighted by atomic mass is 10.0. The molecule has 3 fully saturated rings. The standard InChI is InChI=1S/C45H50N8O8S4/c1-8-38(56)50-14-15-52(26(4)22-50)43(59)32-19-36(63-41-21-46-44(64-41)48-27(5)54)28(17-34(32)61-7)10-13-37(55)49-45-47-20-40(65-45)62-35-18-31(33(60-6)16-25(35)3)42(58)51-23-29-11-12-30(24-51)53(29)39(57)9-2/h8-9,16-21,26,29-30H,1-2,10-15,22-24H2,3-7H3,(H,46,48,54)(H,47,49,55)/t26-,29-,30+/m0/s1. The van der Waals surface area contributed by atoms with E-state index in [2.05, 4.69) is 33.8 Å². The SMILES string of the molecule is C=CC(=O)N1CCN(C(=O)c2cc(Sc3cnc(NC(C)=O)s3)c(CCC(=O)Nc3ncc(Sc4cc(C(=O)N5C[C@H]6CC[C@@H](C5)N6C(=O)C=C)c(OC)cc4C)s3)cc2OC)[C@@H](C)C1. The highest BCUT2D eigenvalue weighted by atomic mass is 32.2. The number of piperazine rings is 2. The molecule has 5 heterocycles. The van der Waals surface area contributed by atoms with Gasteiger partial charge in [-0.3, -0.25) is 28.8 Å². The van der Waals surface area contributed by atoms with Crippen molar-refractivity contribution in [3.05, 3.63) is 84.2 Å². The molecule has 0 spiro atoms. The molecule has 3 saturated heterocycles. The topological polar surface area (TPSA) is 184 Å². The van der Waals surface area contributed by atoms with Gasteiger partial charge in [-0.1, -0.05) is 59.4 Å². The molecule has 342 valence electrons. The van der Waals surface area contributed by atoms with Crippen LogP contribution in [0.15, 0.2) is 80.2 Å². The number of nitrogens with one attached hydrogen (secondary N) is 2. The minimum Gasteiger partial charge on any atom is -0.496 e. The summed E-state index contributed by atoms with van der Waals surface area (Å²) in [5.74, 6) is -0.381. The van der Waals surface area contributed by atoms with Crippen molar-refractivity contribution in [3.8, 4) is 11.5 Å². The summed E-state index contributed by atoms with van der Waals surface area (Å²) in [6.07, 6.45) is 8.00. The Morgan fingerprint density at radius 3 is 1.97 bits per heavy atom. The Morgan fingerprint density at radius 1 is 0.785 bits per heavy atom. The van der Waals surface area contributed by atoms with E-state index in [1.807, 2.05) is 35.8 Å². The minimum absolute atomic E-state index is 0.0482. The molecule has 2 aromatic carbocycles. The van der Waals surface area contributed by atoms with E-state index in [9.17, 15) is 28.8 Å². The van der Waals surface area contributed by atoms with Gasteiger partial charge in [-0.15, -0.1) is 0 Å². The van der Waals surface area contributed by atoms with Crippen molar-refractivity contribution in [1.29, 1.82) is 0 Å². The van der Waals surface area contributed by atoms with Gasteiger partial charge in [-0.2, -0.15) is 0 Å². The molecule has 3 aliphatic rings. The second kappa shape index (κ2) is 20.6. The Labute approximate surface area is 393 Å². The maximum atomic E-state index is 14.1. The summed E-state index contributed by atoms with van der Waals surface area (Å²) < 4.78 is 13.0. The van der Waals surface area contributed by atoms with Crippen LogP contribution in [0.4, 0.5) is 10.3 Å². The number of methoxy groups -OCH3 is 2.